The molecule has 0 atom stereocenters. The van der Waals surface area contributed by atoms with E-state index in [9.17, 15) is 4.79 Å². The molecule has 0 fully saturated rings. The van der Waals surface area contributed by atoms with Gasteiger partial charge in [-0.25, -0.2) is 0 Å². The number of carbonyl (C=O) groups is 1. The van der Waals surface area contributed by atoms with Crippen molar-refractivity contribution in [2.75, 3.05) is 6.54 Å². The van der Waals surface area contributed by atoms with Gasteiger partial charge >= 0.3 is 0 Å². The van der Waals surface area contributed by atoms with Gasteiger partial charge in [0, 0.05) is 24.5 Å². The van der Waals surface area contributed by atoms with E-state index in [-0.39, 0.29) is 5.91 Å². The van der Waals surface area contributed by atoms with Crippen molar-refractivity contribution in [3.05, 3.63) is 71.3 Å². The van der Waals surface area contributed by atoms with Gasteiger partial charge in [0.05, 0.1) is 0 Å². The van der Waals surface area contributed by atoms with Crippen LogP contribution in [0.15, 0.2) is 54.6 Å². The van der Waals surface area contributed by atoms with Crippen molar-refractivity contribution in [2.45, 2.75) is 19.3 Å². The first-order chi connectivity index (χ1) is 9.74. The van der Waals surface area contributed by atoms with Crippen LogP contribution in [0.2, 0.25) is 0 Å². The van der Waals surface area contributed by atoms with Crippen LogP contribution in [0, 0.1) is 0 Å². The van der Waals surface area contributed by atoms with Gasteiger partial charge < -0.3 is 4.90 Å². The molecule has 2 rings (SSSR count). The summed E-state index contributed by atoms with van der Waals surface area (Å²) < 4.78 is 0. The zero-order chi connectivity index (χ0) is 14.4. The van der Waals surface area contributed by atoms with Crippen LogP contribution in [0.3, 0.4) is 0 Å². The Balaban J connectivity index is 2.16. The van der Waals surface area contributed by atoms with Crippen LogP contribution >= 0.6 is 11.6 Å². The normalized spacial score (nSPS) is 10.3. The summed E-state index contributed by atoms with van der Waals surface area (Å²) in [5.41, 5.74) is 2.80. The molecule has 0 heterocycles. The number of benzene rings is 2. The van der Waals surface area contributed by atoms with E-state index >= 15 is 0 Å². The smallest absolute Gasteiger partial charge is 0.254 e. The molecular weight excluding hydrogens is 270 g/mol. The Morgan fingerprint density at radius 1 is 1.05 bits per heavy atom. The average Bonchev–Trinajstić information content (AvgIpc) is 2.53. The summed E-state index contributed by atoms with van der Waals surface area (Å²) in [6.45, 7) is 3.30. The first kappa shape index (κ1) is 14.6. The maximum Gasteiger partial charge on any atom is 0.254 e. The average molecular weight is 288 g/mol. The standard InChI is InChI=1S/C17H18ClNO/c1-2-19(13-14-7-4-3-5-8-14)17(20)16-10-6-9-15(11-16)12-18/h3-11H,2,12-13H2,1H3. The molecule has 0 aliphatic carbocycles. The molecule has 0 bridgehead atoms. The predicted octanol–water partition coefficient (Wildman–Crippen LogP) is 4.09. The fourth-order valence-corrected chi connectivity index (χ4v) is 2.27. The lowest BCUT2D eigenvalue weighted by Crippen LogP contribution is -2.30. The first-order valence-electron chi connectivity index (χ1n) is 6.72. The van der Waals surface area contributed by atoms with Crippen LogP contribution < -0.4 is 0 Å². The number of halogens is 1. The third-order valence-corrected chi connectivity index (χ3v) is 3.52. The maximum absolute atomic E-state index is 12.5. The van der Waals surface area contributed by atoms with Crippen LogP contribution in [0.25, 0.3) is 0 Å². The molecule has 2 aromatic carbocycles. The highest BCUT2D eigenvalue weighted by Crippen LogP contribution is 2.13. The first-order valence-corrected chi connectivity index (χ1v) is 7.26. The molecular formula is C17H18ClNO. The van der Waals surface area contributed by atoms with E-state index in [1.807, 2.05) is 66.4 Å². The van der Waals surface area contributed by atoms with E-state index < -0.39 is 0 Å². The zero-order valence-corrected chi connectivity index (χ0v) is 12.3. The van der Waals surface area contributed by atoms with Crippen molar-refractivity contribution in [1.29, 1.82) is 0 Å². The third-order valence-electron chi connectivity index (χ3n) is 3.21. The number of nitrogens with zero attached hydrogens (tertiary/aromatic N) is 1. The molecule has 3 heteroatoms. The van der Waals surface area contributed by atoms with E-state index in [0.717, 1.165) is 11.1 Å². The molecule has 0 radical (unpaired) electrons. The predicted molar refractivity (Wildman–Crippen MR) is 82.9 cm³/mol. The van der Waals surface area contributed by atoms with Crippen molar-refractivity contribution >= 4 is 17.5 Å². The Bertz CT molecular complexity index is 568. The SMILES string of the molecule is CCN(Cc1ccccc1)C(=O)c1cccc(CCl)c1. The van der Waals surface area contributed by atoms with E-state index in [1.165, 1.54) is 0 Å². The van der Waals surface area contributed by atoms with E-state index in [1.54, 1.807) is 0 Å². The largest absolute Gasteiger partial charge is 0.335 e. The van der Waals surface area contributed by atoms with Gasteiger partial charge in [0.25, 0.3) is 5.91 Å². The Morgan fingerprint density at radius 2 is 1.75 bits per heavy atom. The lowest BCUT2D eigenvalue weighted by molar-refractivity contribution is 0.0752. The molecule has 0 saturated heterocycles. The second kappa shape index (κ2) is 7.11. The minimum absolute atomic E-state index is 0.0447. The lowest BCUT2D eigenvalue weighted by atomic mass is 10.1. The summed E-state index contributed by atoms with van der Waals surface area (Å²) in [4.78, 5) is 14.4. The van der Waals surface area contributed by atoms with Crippen molar-refractivity contribution in [3.8, 4) is 0 Å². The third kappa shape index (κ3) is 3.61. The molecule has 2 aromatic rings. The van der Waals surface area contributed by atoms with Gasteiger partial charge in [0.15, 0.2) is 0 Å². The second-order valence-electron chi connectivity index (χ2n) is 4.64. The quantitative estimate of drug-likeness (QED) is 0.759. The van der Waals surface area contributed by atoms with Crippen LogP contribution in [0.5, 0.6) is 0 Å². The molecule has 20 heavy (non-hydrogen) atoms. The van der Waals surface area contributed by atoms with E-state index in [2.05, 4.69) is 0 Å². The number of hydrogen-bond donors (Lipinski definition) is 0. The Hall–Kier alpha value is -1.80. The van der Waals surface area contributed by atoms with Crippen LogP contribution in [-0.4, -0.2) is 17.4 Å². The molecule has 0 unspecified atom stereocenters. The van der Waals surface area contributed by atoms with Crippen molar-refractivity contribution < 1.29 is 4.79 Å². The van der Waals surface area contributed by atoms with Crippen molar-refractivity contribution in [2.24, 2.45) is 0 Å². The highest BCUT2D eigenvalue weighted by Gasteiger charge is 2.14. The van der Waals surface area contributed by atoms with Crippen LogP contribution in [0.4, 0.5) is 0 Å². The van der Waals surface area contributed by atoms with E-state index in [0.29, 0.717) is 24.5 Å². The summed E-state index contributed by atoms with van der Waals surface area (Å²) >= 11 is 5.82. The number of rotatable bonds is 5. The zero-order valence-electron chi connectivity index (χ0n) is 11.6. The van der Waals surface area contributed by atoms with Crippen LogP contribution in [0.1, 0.15) is 28.4 Å². The summed E-state index contributed by atoms with van der Waals surface area (Å²) in [5, 5.41) is 0. The monoisotopic (exact) mass is 287 g/mol. The maximum atomic E-state index is 12.5. The Labute approximate surface area is 125 Å². The minimum Gasteiger partial charge on any atom is -0.335 e. The fraction of sp³-hybridized carbons (Fsp3) is 0.235. The number of amides is 1. The number of hydrogen-bond acceptors (Lipinski definition) is 1. The van der Waals surface area contributed by atoms with Gasteiger partial charge in [0.2, 0.25) is 0 Å². The Morgan fingerprint density at radius 3 is 2.40 bits per heavy atom. The molecule has 0 aliphatic heterocycles. The summed E-state index contributed by atoms with van der Waals surface area (Å²) in [6.07, 6.45) is 0. The van der Waals surface area contributed by atoms with Gasteiger partial charge in [0.1, 0.15) is 0 Å². The summed E-state index contributed by atoms with van der Waals surface area (Å²) in [7, 11) is 0. The summed E-state index contributed by atoms with van der Waals surface area (Å²) in [6, 6.07) is 17.5. The van der Waals surface area contributed by atoms with Gasteiger partial charge in [-0.2, -0.15) is 0 Å². The topological polar surface area (TPSA) is 20.3 Å². The number of alkyl halides is 1. The van der Waals surface area contributed by atoms with Gasteiger partial charge in [-0.05, 0) is 30.2 Å². The van der Waals surface area contributed by atoms with Gasteiger partial charge in [-0.1, -0.05) is 42.5 Å². The molecule has 2 nitrogen and oxygen atoms in total. The fourth-order valence-electron chi connectivity index (χ4n) is 2.10. The molecule has 0 aliphatic rings. The molecule has 104 valence electrons. The minimum atomic E-state index is 0.0447. The molecule has 0 aromatic heterocycles. The molecule has 0 saturated carbocycles. The summed E-state index contributed by atoms with van der Waals surface area (Å²) in [5.74, 6) is 0.467. The second-order valence-corrected chi connectivity index (χ2v) is 4.91. The highest BCUT2D eigenvalue weighted by molar-refractivity contribution is 6.17. The molecule has 0 N–H and O–H groups in total. The van der Waals surface area contributed by atoms with Gasteiger partial charge in [-0.3, -0.25) is 4.79 Å². The molecule has 0 spiro atoms. The highest BCUT2D eigenvalue weighted by atomic mass is 35.5. The Kier molecular flexibility index (Phi) is 5.19. The van der Waals surface area contributed by atoms with Gasteiger partial charge in [-0.15, -0.1) is 11.6 Å². The number of carbonyl (C=O) groups excluding carboxylic acids is 1. The van der Waals surface area contributed by atoms with Crippen LogP contribution in [-0.2, 0) is 12.4 Å². The van der Waals surface area contributed by atoms with Crippen molar-refractivity contribution in [1.82, 2.24) is 4.90 Å². The lowest BCUT2D eigenvalue weighted by Gasteiger charge is -2.21. The van der Waals surface area contributed by atoms with Crippen molar-refractivity contribution in [3.63, 3.8) is 0 Å². The molecule has 1 amide bonds. The van der Waals surface area contributed by atoms with E-state index in [4.69, 9.17) is 11.6 Å².